The van der Waals surface area contributed by atoms with Crippen LogP contribution < -0.4 is 5.32 Å². The van der Waals surface area contributed by atoms with E-state index in [4.69, 9.17) is 0 Å². The van der Waals surface area contributed by atoms with E-state index >= 15 is 0 Å². The molecule has 0 saturated carbocycles. The maximum Gasteiger partial charge on any atom is 0.225 e. The number of carbonyl (C=O) groups excluding carboxylic acids is 1. The number of hydrogen-bond acceptors (Lipinski definition) is 4. The molecule has 0 aliphatic heterocycles. The highest BCUT2D eigenvalue weighted by molar-refractivity contribution is 9.11. The highest BCUT2D eigenvalue weighted by Crippen LogP contribution is 2.16. The van der Waals surface area contributed by atoms with Gasteiger partial charge in [-0.15, -0.1) is 10.2 Å². The summed E-state index contributed by atoms with van der Waals surface area (Å²) in [6.07, 6.45) is 0. The second-order valence-corrected chi connectivity index (χ2v) is 6.22. The molecular formula is C8H12BrN3OS. The first-order valence-corrected chi connectivity index (χ1v) is 5.77. The monoisotopic (exact) mass is 277 g/mol. The zero-order chi connectivity index (χ0) is 10.8. The number of halogens is 1. The zero-order valence-electron chi connectivity index (χ0n) is 8.30. The van der Waals surface area contributed by atoms with Crippen molar-refractivity contribution in [1.82, 2.24) is 15.5 Å². The Balaban J connectivity index is 2.46. The molecule has 0 radical (unpaired) electrons. The van der Waals surface area contributed by atoms with E-state index in [-0.39, 0.29) is 11.3 Å². The van der Waals surface area contributed by atoms with Crippen LogP contribution in [0.4, 0.5) is 0 Å². The standard InChI is InChI=1S/C8H12BrN3OS/c1-8(2,3)6(13)10-4-5-11-12-7(9)14-5/h4H2,1-3H3,(H,10,13). The van der Waals surface area contributed by atoms with Crippen LogP contribution in [-0.4, -0.2) is 16.1 Å². The molecule has 0 aliphatic carbocycles. The summed E-state index contributed by atoms with van der Waals surface area (Å²) in [4.78, 5) is 11.5. The number of nitrogens with zero attached hydrogens (tertiary/aromatic N) is 2. The topological polar surface area (TPSA) is 54.9 Å². The van der Waals surface area contributed by atoms with Crippen molar-refractivity contribution in [3.05, 3.63) is 8.92 Å². The van der Waals surface area contributed by atoms with Crippen LogP contribution in [0.1, 0.15) is 25.8 Å². The molecule has 78 valence electrons. The van der Waals surface area contributed by atoms with Crippen molar-refractivity contribution >= 4 is 33.2 Å². The minimum Gasteiger partial charge on any atom is -0.349 e. The zero-order valence-corrected chi connectivity index (χ0v) is 10.7. The van der Waals surface area contributed by atoms with Crippen LogP contribution in [0.2, 0.25) is 0 Å². The molecule has 0 aromatic carbocycles. The molecule has 1 amide bonds. The Hall–Kier alpha value is -0.490. The predicted octanol–water partition coefficient (Wildman–Crippen LogP) is 1.96. The summed E-state index contributed by atoms with van der Waals surface area (Å²) in [7, 11) is 0. The molecule has 0 unspecified atom stereocenters. The van der Waals surface area contributed by atoms with Gasteiger partial charge >= 0.3 is 0 Å². The summed E-state index contributed by atoms with van der Waals surface area (Å²) in [5.41, 5.74) is -0.359. The second-order valence-electron chi connectivity index (χ2n) is 3.88. The van der Waals surface area contributed by atoms with Gasteiger partial charge in [-0.05, 0) is 15.9 Å². The fourth-order valence-corrected chi connectivity index (χ4v) is 1.87. The highest BCUT2D eigenvalue weighted by atomic mass is 79.9. The summed E-state index contributed by atoms with van der Waals surface area (Å²) in [6, 6.07) is 0. The number of carbonyl (C=O) groups is 1. The fraction of sp³-hybridized carbons (Fsp3) is 0.625. The number of hydrogen-bond donors (Lipinski definition) is 1. The van der Waals surface area contributed by atoms with Gasteiger partial charge in [-0.25, -0.2) is 0 Å². The Morgan fingerprint density at radius 2 is 2.14 bits per heavy atom. The van der Waals surface area contributed by atoms with Crippen LogP contribution in [0.3, 0.4) is 0 Å². The quantitative estimate of drug-likeness (QED) is 0.899. The average molecular weight is 278 g/mol. The predicted molar refractivity (Wildman–Crippen MR) is 58.9 cm³/mol. The Morgan fingerprint density at radius 3 is 2.57 bits per heavy atom. The Morgan fingerprint density at radius 1 is 1.50 bits per heavy atom. The second kappa shape index (κ2) is 4.35. The smallest absolute Gasteiger partial charge is 0.225 e. The molecule has 6 heteroatoms. The van der Waals surface area contributed by atoms with E-state index in [1.54, 1.807) is 0 Å². The summed E-state index contributed by atoms with van der Waals surface area (Å²) >= 11 is 4.63. The number of aromatic nitrogens is 2. The molecule has 0 aliphatic rings. The van der Waals surface area contributed by atoms with E-state index in [1.165, 1.54) is 11.3 Å². The van der Waals surface area contributed by atoms with E-state index in [0.29, 0.717) is 6.54 Å². The molecule has 14 heavy (non-hydrogen) atoms. The lowest BCUT2D eigenvalue weighted by Crippen LogP contribution is -2.34. The maximum absolute atomic E-state index is 11.5. The maximum atomic E-state index is 11.5. The van der Waals surface area contributed by atoms with Gasteiger partial charge in [0.2, 0.25) is 5.91 Å². The van der Waals surface area contributed by atoms with Crippen molar-refractivity contribution in [2.45, 2.75) is 27.3 Å². The van der Waals surface area contributed by atoms with E-state index < -0.39 is 0 Å². The van der Waals surface area contributed by atoms with Gasteiger partial charge in [0, 0.05) is 5.41 Å². The summed E-state index contributed by atoms with van der Waals surface area (Å²) in [5.74, 6) is 0.0174. The minimum absolute atomic E-state index is 0.0174. The van der Waals surface area contributed by atoms with Gasteiger partial charge < -0.3 is 5.32 Å². The van der Waals surface area contributed by atoms with Crippen molar-refractivity contribution < 1.29 is 4.79 Å². The van der Waals surface area contributed by atoms with Crippen molar-refractivity contribution in [2.75, 3.05) is 0 Å². The summed E-state index contributed by atoms with van der Waals surface area (Å²) < 4.78 is 0.734. The Bertz CT molecular complexity index is 332. The van der Waals surface area contributed by atoms with Gasteiger partial charge in [-0.1, -0.05) is 32.1 Å². The molecule has 0 bridgehead atoms. The Labute approximate surface area is 95.2 Å². The molecular weight excluding hydrogens is 266 g/mol. The third-order valence-electron chi connectivity index (χ3n) is 1.52. The molecule has 0 fully saturated rings. The first-order chi connectivity index (χ1) is 6.39. The van der Waals surface area contributed by atoms with Gasteiger partial charge in [-0.2, -0.15) is 0 Å². The molecule has 0 saturated heterocycles. The molecule has 1 heterocycles. The van der Waals surface area contributed by atoms with Crippen molar-refractivity contribution in [3.8, 4) is 0 Å². The molecule has 0 atom stereocenters. The lowest BCUT2D eigenvalue weighted by atomic mass is 9.96. The largest absolute Gasteiger partial charge is 0.349 e. The highest BCUT2D eigenvalue weighted by Gasteiger charge is 2.20. The summed E-state index contributed by atoms with van der Waals surface area (Å²) in [6.45, 7) is 6.06. The number of nitrogens with one attached hydrogen (secondary N) is 1. The molecule has 0 spiro atoms. The lowest BCUT2D eigenvalue weighted by molar-refractivity contribution is -0.128. The van der Waals surface area contributed by atoms with Crippen molar-refractivity contribution in [2.24, 2.45) is 5.41 Å². The molecule has 1 N–H and O–H groups in total. The number of rotatable bonds is 2. The first-order valence-electron chi connectivity index (χ1n) is 4.16. The molecule has 1 aromatic heterocycles. The van der Waals surface area contributed by atoms with E-state index in [1.807, 2.05) is 20.8 Å². The first kappa shape index (κ1) is 11.6. The van der Waals surface area contributed by atoms with Gasteiger partial charge in [0.1, 0.15) is 5.01 Å². The van der Waals surface area contributed by atoms with Crippen LogP contribution in [0, 0.1) is 5.41 Å². The van der Waals surface area contributed by atoms with Crippen LogP contribution in [0.25, 0.3) is 0 Å². The summed E-state index contributed by atoms with van der Waals surface area (Å²) in [5, 5.41) is 11.3. The molecule has 1 aromatic rings. The van der Waals surface area contributed by atoms with Crippen molar-refractivity contribution in [3.63, 3.8) is 0 Å². The number of amides is 1. The van der Waals surface area contributed by atoms with E-state index in [9.17, 15) is 4.79 Å². The van der Waals surface area contributed by atoms with Crippen molar-refractivity contribution in [1.29, 1.82) is 0 Å². The third-order valence-corrected chi connectivity index (χ3v) is 2.88. The minimum atomic E-state index is -0.359. The molecule has 1 rings (SSSR count). The van der Waals surface area contributed by atoms with E-state index in [0.717, 1.165) is 8.92 Å². The third kappa shape index (κ3) is 3.34. The van der Waals surface area contributed by atoms with Gasteiger partial charge in [0.05, 0.1) is 6.54 Å². The molecule has 4 nitrogen and oxygen atoms in total. The van der Waals surface area contributed by atoms with Crippen LogP contribution in [-0.2, 0) is 11.3 Å². The Kier molecular flexibility index (Phi) is 3.60. The van der Waals surface area contributed by atoms with Gasteiger partial charge in [-0.3, -0.25) is 4.79 Å². The van der Waals surface area contributed by atoms with Gasteiger partial charge in [0.25, 0.3) is 0 Å². The normalized spacial score (nSPS) is 11.4. The van der Waals surface area contributed by atoms with Gasteiger partial charge in [0.15, 0.2) is 3.92 Å². The SMILES string of the molecule is CC(C)(C)C(=O)NCc1nnc(Br)s1. The van der Waals surface area contributed by atoms with Crippen LogP contribution in [0.15, 0.2) is 3.92 Å². The lowest BCUT2D eigenvalue weighted by Gasteiger charge is -2.16. The van der Waals surface area contributed by atoms with Crippen LogP contribution in [0.5, 0.6) is 0 Å². The average Bonchev–Trinajstić information content (AvgIpc) is 2.45. The van der Waals surface area contributed by atoms with Crippen LogP contribution >= 0.6 is 27.3 Å². The van der Waals surface area contributed by atoms with E-state index in [2.05, 4.69) is 31.4 Å². The fourth-order valence-electron chi connectivity index (χ4n) is 0.726.